The van der Waals surface area contributed by atoms with Crippen molar-refractivity contribution in [1.29, 1.82) is 0 Å². The number of nitrogens with zero attached hydrogens (tertiary/aromatic N) is 3. The summed E-state index contributed by atoms with van der Waals surface area (Å²) in [5.74, 6) is 1.79. The van der Waals surface area contributed by atoms with Gasteiger partial charge in [-0.15, -0.1) is 0 Å². The zero-order chi connectivity index (χ0) is 19.1. The quantitative estimate of drug-likeness (QED) is 0.629. The van der Waals surface area contributed by atoms with Crippen molar-refractivity contribution >= 4 is 5.82 Å². The van der Waals surface area contributed by atoms with Gasteiger partial charge in [0, 0.05) is 25.2 Å². The van der Waals surface area contributed by atoms with Crippen LogP contribution < -0.4 is 9.64 Å². The third-order valence-corrected chi connectivity index (χ3v) is 4.72. The van der Waals surface area contributed by atoms with Crippen LogP contribution in [0.5, 0.6) is 5.88 Å². The number of rotatable bonds is 9. The molecule has 142 valence electrons. The summed E-state index contributed by atoms with van der Waals surface area (Å²) in [7, 11) is 2.12. The maximum atomic E-state index is 5.59. The van der Waals surface area contributed by atoms with E-state index in [1.54, 1.807) is 0 Å². The SMILES string of the molecule is CCCc1cc(CC)c(-c2ccc(OCC)nc2CC)nc1N(C)CC. The molecule has 0 aromatic carbocycles. The van der Waals surface area contributed by atoms with Crippen LogP contribution in [0.2, 0.25) is 0 Å². The Bertz CT molecular complexity index is 728. The standard InChI is InChI=1S/C22H33N3O/c1-7-12-17-15-16(8-2)21(24-22(17)25(6)10-4)18-13-14-20(26-11-5)23-19(18)9-3/h13-15H,7-12H2,1-6H3. The van der Waals surface area contributed by atoms with Gasteiger partial charge in [-0.25, -0.2) is 9.97 Å². The first-order chi connectivity index (χ1) is 12.6. The van der Waals surface area contributed by atoms with E-state index >= 15 is 0 Å². The average Bonchev–Trinajstić information content (AvgIpc) is 2.67. The average molecular weight is 356 g/mol. The molecule has 0 N–H and O–H groups in total. The molecule has 2 aromatic heterocycles. The molecule has 0 aliphatic heterocycles. The van der Waals surface area contributed by atoms with Gasteiger partial charge in [-0.05, 0) is 56.4 Å². The molecule has 0 saturated heterocycles. The topological polar surface area (TPSA) is 38.3 Å². The highest BCUT2D eigenvalue weighted by Crippen LogP contribution is 2.32. The molecule has 4 heteroatoms. The van der Waals surface area contributed by atoms with E-state index in [1.807, 2.05) is 13.0 Å². The van der Waals surface area contributed by atoms with E-state index in [9.17, 15) is 0 Å². The number of hydrogen-bond donors (Lipinski definition) is 0. The molecular weight excluding hydrogens is 322 g/mol. The molecule has 2 rings (SSSR count). The first-order valence-electron chi connectivity index (χ1n) is 9.96. The van der Waals surface area contributed by atoms with E-state index in [0.29, 0.717) is 12.5 Å². The fourth-order valence-corrected chi connectivity index (χ4v) is 3.22. The van der Waals surface area contributed by atoms with Gasteiger partial charge in [0.1, 0.15) is 5.82 Å². The summed E-state index contributed by atoms with van der Waals surface area (Å²) >= 11 is 0. The lowest BCUT2D eigenvalue weighted by Crippen LogP contribution is -2.20. The van der Waals surface area contributed by atoms with Crippen molar-refractivity contribution in [2.24, 2.45) is 0 Å². The maximum absolute atomic E-state index is 5.59. The molecule has 0 fully saturated rings. The molecule has 2 aromatic rings. The predicted molar refractivity (Wildman–Crippen MR) is 110 cm³/mol. The summed E-state index contributed by atoms with van der Waals surface area (Å²) in [4.78, 5) is 12.1. The van der Waals surface area contributed by atoms with Gasteiger partial charge in [0.05, 0.1) is 18.0 Å². The molecule has 0 amide bonds. The minimum absolute atomic E-state index is 0.630. The van der Waals surface area contributed by atoms with Crippen LogP contribution in [0.25, 0.3) is 11.3 Å². The first-order valence-corrected chi connectivity index (χ1v) is 9.96. The van der Waals surface area contributed by atoms with Crippen molar-refractivity contribution in [2.75, 3.05) is 25.1 Å². The normalized spacial score (nSPS) is 10.8. The van der Waals surface area contributed by atoms with Gasteiger partial charge in [-0.2, -0.15) is 0 Å². The van der Waals surface area contributed by atoms with Gasteiger partial charge in [0.25, 0.3) is 0 Å². The monoisotopic (exact) mass is 355 g/mol. The molecule has 0 bridgehead atoms. The number of hydrogen-bond acceptors (Lipinski definition) is 4. The molecule has 4 nitrogen and oxygen atoms in total. The Balaban J connectivity index is 2.64. The Kier molecular flexibility index (Phi) is 7.43. The van der Waals surface area contributed by atoms with E-state index in [0.717, 1.165) is 55.0 Å². The van der Waals surface area contributed by atoms with Gasteiger partial charge in [0.2, 0.25) is 5.88 Å². The van der Waals surface area contributed by atoms with Crippen LogP contribution in [0.4, 0.5) is 5.82 Å². The third-order valence-electron chi connectivity index (χ3n) is 4.72. The van der Waals surface area contributed by atoms with Gasteiger partial charge >= 0.3 is 0 Å². The highest BCUT2D eigenvalue weighted by Gasteiger charge is 2.17. The number of anilines is 1. The molecule has 0 atom stereocenters. The molecule has 0 spiro atoms. The zero-order valence-electron chi connectivity index (χ0n) is 17.2. The minimum atomic E-state index is 0.630. The van der Waals surface area contributed by atoms with Gasteiger partial charge in [-0.1, -0.05) is 27.2 Å². The number of pyridine rings is 2. The number of ether oxygens (including phenoxy) is 1. The Labute approximate surface area is 158 Å². The lowest BCUT2D eigenvalue weighted by atomic mass is 9.98. The van der Waals surface area contributed by atoms with Crippen molar-refractivity contribution in [3.8, 4) is 17.1 Å². The summed E-state index contributed by atoms with van der Waals surface area (Å²) in [5.41, 5.74) is 5.87. The van der Waals surface area contributed by atoms with Crippen LogP contribution >= 0.6 is 0 Å². The summed E-state index contributed by atoms with van der Waals surface area (Å²) in [5, 5.41) is 0. The molecule has 0 unspecified atom stereocenters. The number of aromatic nitrogens is 2. The van der Waals surface area contributed by atoms with Crippen molar-refractivity contribution in [3.05, 3.63) is 35.0 Å². The molecule has 2 heterocycles. The Morgan fingerprint density at radius 3 is 2.31 bits per heavy atom. The van der Waals surface area contributed by atoms with Crippen LogP contribution in [0.1, 0.15) is 57.9 Å². The molecule has 0 radical (unpaired) electrons. The van der Waals surface area contributed by atoms with Crippen LogP contribution in [0.15, 0.2) is 18.2 Å². The largest absolute Gasteiger partial charge is 0.478 e. The minimum Gasteiger partial charge on any atom is -0.478 e. The van der Waals surface area contributed by atoms with Crippen LogP contribution in [-0.4, -0.2) is 30.2 Å². The Hall–Kier alpha value is -2.10. The van der Waals surface area contributed by atoms with E-state index in [4.69, 9.17) is 14.7 Å². The second kappa shape index (κ2) is 9.56. The molecule has 26 heavy (non-hydrogen) atoms. The summed E-state index contributed by atoms with van der Waals surface area (Å²) in [6.45, 7) is 12.3. The molecular formula is C22H33N3O. The van der Waals surface area contributed by atoms with Crippen LogP contribution in [0, 0.1) is 0 Å². The third kappa shape index (κ3) is 4.35. The van der Waals surface area contributed by atoms with Crippen LogP contribution in [0.3, 0.4) is 0 Å². The van der Waals surface area contributed by atoms with Crippen molar-refractivity contribution < 1.29 is 4.74 Å². The van der Waals surface area contributed by atoms with E-state index in [-0.39, 0.29) is 0 Å². The van der Waals surface area contributed by atoms with Crippen LogP contribution in [-0.2, 0) is 19.3 Å². The fraction of sp³-hybridized carbons (Fsp3) is 0.545. The second-order valence-electron chi connectivity index (χ2n) is 6.53. The lowest BCUT2D eigenvalue weighted by Gasteiger charge is -2.23. The first kappa shape index (κ1) is 20.2. The van der Waals surface area contributed by atoms with E-state index in [1.165, 1.54) is 11.1 Å². The van der Waals surface area contributed by atoms with Gasteiger partial charge in [0.15, 0.2) is 0 Å². The highest BCUT2D eigenvalue weighted by molar-refractivity contribution is 5.69. The highest BCUT2D eigenvalue weighted by atomic mass is 16.5. The second-order valence-corrected chi connectivity index (χ2v) is 6.53. The summed E-state index contributed by atoms with van der Waals surface area (Å²) < 4.78 is 5.59. The van der Waals surface area contributed by atoms with E-state index in [2.05, 4.69) is 51.8 Å². The van der Waals surface area contributed by atoms with Gasteiger partial charge < -0.3 is 9.64 Å². The summed E-state index contributed by atoms with van der Waals surface area (Å²) in [6, 6.07) is 6.43. The smallest absolute Gasteiger partial charge is 0.213 e. The van der Waals surface area contributed by atoms with Crippen molar-refractivity contribution in [3.63, 3.8) is 0 Å². The Morgan fingerprint density at radius 1 is 0.962 bits per heavy atom. The zero-order valence-corrected chi connectivity index (χ0v) is 17.2. The Morgan fingerprint density at radius 2 is 1.73 bits per heavy atom. The van der Waals surface area contributed by atoms with Gasteiger partial charge in [-0.3, -0.25) is 0 Å². The van der Waals surface area contributed by atoms with E-state index < -0.39 is 0 Å². The summed E-state index contributed by atoms with van der Waals surface area (Å²) in [6.07, 6.45) is 4.00. The molecule has 0 aliphatic carbocycles. The predicted octanol–water partition coefficient (Wildman–Crippen LogP) is 5.08. The lowest BCUT2D eigenvalue weighted by molar-refractivity contribution is 0.326. The number of aryl methyl sites for hydroxylation is 3. The maximum Gasteiger partial charge on any atom is 0.213 e. The van der Waals surface area contributed by atoms with Crippen molar-refractivity contribution in [2.45, 2.75) is 60.3 Å². The van der Waals surface area contributed by atoms with Crippen molar-refractivity contribution in [1.82, 2.24) is 9.97 Å². The molecule has 0 saturated carbocycles. The fourth-order valence-electron chi connectivity index (χ4n) is 3.22. The molecule has 0 aliphatic rings.